The second-order valence-corrected chi connectivity index (χ2v) is 4.57. The number of carbonyl (C=O) groups excluding carboxylic acids is 1. The number of nitrogens with two attached hydrogens (primary N) is 1. The highest BCUT2D eigenvalue weighted by Crippen LogP contribution is 2.38. The quantitative estimate of drug-likeness (QED) is 0.738. The number of methoxy groups -OCH3 is 1. The SMILES string of the molecule is CCN(CCOC)C(=O)C1(CN)CCCC1. The van der Waals surface area contributed by atoms with Crippen LogP contribution < -0.4 is 5.73 Å². The van der Waals surface area contributed by atoms with Crippen LogP contribution in [0.5, 0.6) is 0 Å². The Hall–Kier alpha value is -0.610. The smallest absolute Gasteiger partial charge is 0.230 e. The van der Waals surface area contributed by atoms with E-state index in [1.807, 2.05) is 11.8 Å². The lowest BCUT2D eigenvalue weighted by atomic mass is 9.84. The van der Waals surface area contributed by atoms with Gasteiger partial charge in [-0.2, -0.15) is 0 Å². The molecule has 0 saturated heterocycles. The molecule has 1 fully saturated rings. The van der Waals surface area contributed by atoms with Gasteiger partial charge in [0.1, 0.15) is 0 Å². The van der Waals surface area contributed by atoms with E-state index in [9.17, 15) is 4.79 Å². The van der Waals surface area contributed by atoms with E-state index >= 15 is 0 Å². The molecule has 0 atom stereocenters. The van der Waals surface area contributed by atoms with Crippen molar-refractivity contribution in [1.82, 2.24) is 4.90 Å². The first kappa shape index (κ1) is 13.5. The number of hydrogen-bond donors (Lipinski definition) is 1. The molecule has 0 spiro atoms. The summed E-state index contributed by atoms with van der Waals surface area (Å²) in [7, 11) is 1.66. The third kappa shape index (κ3) is 2.74. The van der Waals surface area contributed by atoms with Crippen LogP contribution in [0.2, 0.25) is 0 Å². The zero-order chi connectivity index (χ0) is 12.0. The minimum absolute atomic E-state index is 0.229. The van der Waals surface area contributed by atoms with Gasteiger partial charge in [-0.25, -0.2) is 0 Å². The van der Waals surface area contributed by atoms with E-state index in [4.69, 9.17) is 10.5 Å². The fraction of sp³-hybridized carbons (Fsp3) is 0.917. The number of hydrogen-bond acceptors (Lipinski definition) is 3. The van der Waals surface area contributed by atoms with Gasteiger partial charge in [0, 0.05) is 26.7 Å². The van der Waals surface area contributed by atoms with Crippen molar-refractivity contribution in [2.24, 2.45) is 11.1 Å². The summed E-state index contributed by atoms with van der Waals surface area (Å²) in [5, 5.41) is 0. The number of carbonyl (C=O) groups is 1. The first-order valence-electron chi connectivity index (χ1n) is 6.18. The van der Waals surface area contributed by atoms with Gasteiger partial charge in [-0.05, 0) is 19.8 Å². The van der Waals surface area contributed by atoms with Crippen LogP contribution in [0.4, 0.5) is 0 Å². The standard InChI is InChI=1S/C12H24N2O2/c1-3-14(8-9-16-2)11(15)12(10-13)6-4-5-7-12/h3-10,13H2,1-2H3. The Bertz CT molecular complexity index is 225. The molecule has 16 heavy (non-hydrogen) atoms. The topological polar surface area (TPSA) is 55.6 Å². The van der Waals surface area contributed by atoms with E-state index in [0.717, 1.165) is 32.2 Å². The number of ether oxygens (including phenoxy) is 1. The summed E-state index contributed by atoms with van der Waals surface area (Å²) < 4.78 is 5.03. The molecule has 0 aromatic rings. The zero-order valence-electron chi connectivity index (χ0n) is 10.5. The minimum Gasteiger partial charge on any atom is -0.383 e. The van der Waals surface area contributed by atoms with Gasteiger partial charge in [0.2, 0.25) is 5.91 Å². The van der Waals surface area contributed by atoms with Crippen molar-refractivity contribution < 1.29 is 9.53 Å². The lowest BCUT2D eigenvalue weighted by Crippen LogP contribution is -2.47. The zero-order valence-corrected chi connectivity index (χ0v) is 10.5. The average molecular weight is 228 g/mol. The third-order valence-corrected chi connectivity index (χ3v) is 3.64. The lowest BCUT2D eigenvalue weighted by Gasteiger charge is -2.32. The average Bonchev–Trinajstić information content (AvgIpc) is 2.79. The maximum atomic E-state index is 12.4. The molecular formula is C12H24N2O2. The molecule has 0 radical (unpaired) electrons. The van der Waals surface area contributed by atoms with Crippen LogP contribution in [-0.2, 0) is 9.53 Å². The van der Waals surface area contributed by atoms with Crippen LogP contribution in [0.15, 0.2) is 0 Å². The molecule has 1 rings (SSSR count). The molecular weight excluding hydrogens is 204 g/mol. The van der Waals surface area contributed by atoms with Gasteiger partial charge in [-0.15, -0.1) is 0 Å². The molecule has 0 aromatic carbocycles. The first-order chi connectivity index (χ1) is 7.70. The molecule has 1 aliphatic rings. The van der Waals surface area contributed by atoms with Crippen molar-refractivity contribution in [3.63, 3.8) is 0 Å². The molecule has 2 N–H and O–H groups in total. The maximum Gasteiger partial charge on any atom is 0.230 e. The first-order valence-corrected chi connectivity index (χ1v) is 6.18. The summed E-state index contributed by atoms with van der Waals surface area (Å²) in [5.41, 5.74) is 5.54. The van der Waals surface area contributed by atoms with Gasteiger partial charge in [0.25, 0.3) is 0 Å². The van der Waals surface area contributed by atoms with Gasteiger partial charge in [0.15, 0.2) is 0 Å². The van der Waals surface area contributed by atoms with E-state index in [2.05, 4.69) is 0 Å². The van der Waals surface area contributed by atoms with E-state index in [1.54, 1.807) is 7.11 Å². The Labute approximate surface area is 98.1 Å². The predicted molar refractivity (Wildman–Crippen MR) is 64.1 cm³/mol. The van der Waals surface area contributed by atoms with Gasteiger partial charge in [-0.3, -0.25) is 4.79 Å². The van der Waals surface area contributed by atoms with Gasteiger partial charge in [-0.1, -0.05) is 12.8 Å². The maximum absolute atomic E-state index is 12.4. The second kappa shape index (κ2) is 6.21. The van der Waals surface area contributed by atoms with E-state index in [0.29, 0.717) is 19.7 Å². The van der Waals surface area contributed by atoms with Crippen molar-refractivity contribution in [3.8, 4) is 0 Å². The Morgan fingerprint density at radius 1 is 1.44 bits per heavy atom. The van der Waals surface area contributed by atoms with Crippen molar-refractivity contribution >= 4 is 5.91 Å². The molecule has 4 heteroatoms. The Morgan fingerprint density at radius 3 is 2.50 bits per heavy atom. The second-order valence-electron chi connectivity index (χ2n) is 4.57. The van der Waals surface area contributed by atoms with Crippen molar-refractivity contribution in [3.05, 3.63) is 0 Å². The molecule has 1 aliphatic carbocycles. The van der Waals surface area contributed by atoms with Gasteiger partial charge in [0.05, 0.1) is 12.0 Å². The predicted octanol–water partition coefficient (Wildman–Crippen LogP) is 1.00. The Morgan fingerprint density at radius 2 is 2.06 bits per heavy atom. The largest absolute Gasteiger partial charge is 0.383 e. The highest BCUT2D eigenvalue weighted by molar-refractivity contribution is 5.83. The van der Waals surface area contributed by atoms with Crippen LogP contribution in [-0.4, -0.2) is 44.2 Å². The molecule has 1 saturated carbocycles. The summed E-state index contributed by atoms with van der Waals surface area (Å²) in [6.45, 7) is 4.50. The number of rotatable bonds is 6. The van der Waals surface area contributed by atoms with Crippen molar-refractivity contribution in [2.75, 3.05) is 33.4 Å². The normalized spacial score (nSPS) is 18.7. The molecule has 0 aromatic heterocycles. The summed E-state index contributed by atoms with van der Waals surface area (Å²) in [6.07, 6.45) is 4.16. The molecule has 1 amide bonds. The summed E-state index contributed by atoms with van der Waals surface area (Å²) >= 11 is 0. The van der Waals surface area contributed by atoms with Gasteiger partial charge >= 0.3 is 0 Å². The van der Waals surface area contributed by atoms with Crippen molar-refractivity contribution in [2.45, 2.75) is 32.6 Å². The minimum atomic E-state index is -0.274. The van der Waals surface area contributed by atoms with Crippen LogP contribution in [0.25, 0.3) is 0 Å². The monoisotopic (exact) mass is 228 g/mol. The molecule has 0 unspecified atom stereocenters. The van der Waals surface area contributed by atoms with Crippen molar-refractivity contribution in [1.29, 1.82) is 0 Å². The molecule has 0 aliphatic heterocycles. The highest BCUT2D eigenvalue weighted by atomic mass is 16.5. The number of likely N-dealkylation sites (N-methyl/N-ethyl adjacent to an activating group) is 1. The molecule has 0 bridgehead atoms. The van der Waals surface area contributed by atoms with E-state index in [1.165, 1.54) is 0 Å². The fourth-order valence-corrected chi connectivity index (χ4v) is 2.50. The lowest BCUT2D eigenvalue weighted by molar-refractivity contribution is -0.141. The summed E-state index contributed by atoms with van der Waals surface area (Å²) in [4.78, 5) is 14.3. The Balaban J connectivity index is 2.64. The number of amides is 1. The molecule has 4 nitrogen and oxygen atoms in total. The summed E-state index contributed by atoms with van der Waals surface area (Å²) in [5.74, 6) is 0.229. The van der Waals surface area contributed by atoms with Crippen LogP contribution in [0, 0.1) is 5.41 Å². The van der Waals surface area contributed by atoms with Crippen LogP contribution in [0.1, 0.15) is 32.6 Å². The van der Waals surface area contributed by atoms with Crippen LogP contribution in [0.3, 0.4) is 0 Å². The molecule has 94 valence electrons. The summed E-state index contributed by atoms with van der Waals surface area (Å²) in [6, 6.07) is 0. The highest BCUT2D eigenvalue weighted by Gasteiger charge is 2.41. The van der Waals surface area contributed by atoms with Gasteiger partial charge < -0.3 is 15.4 Å². The molecule has 0 heterocycles. The van der Waals surface area contributed by atoms with E-state index in [-0.39, 0.29) is 11.3 Å². The van der Waals surface area contributed by atoms with E-state index < -0.39 is 0 Å². The third-order valence-electron chi connectivity index (χ3n) is 3.64. The fourth-order valence-electron chi connectivity index (χ4n) is 2.50. The number of nitrogens with zero attached hydrogens (tertiary/aromatic N) is 1. The van der Waals surface area contributed by atoms with Crippen LogP contribution >= 0.6 is 0 Å². The Kier molecular flexibility index (Phi) is 5.22.